The number of benzene rings is 3. The van der Waals surface area contributed by atoms with Crippen molar-refractivity contribution in [3.8, 4) is 28.2 Å². The Morgan fingerprint density at radius 1 is 0.816 bits per heavy atom. The Morgan fingerprint density at radius 3 is 2.04 bits per heavy atom. The Labute approximate surface area is 296 Å². The van der Waals surface area contributed by atoms with E-state index in [1.54, 1.807) is 0 Å². The van der Waals surface area contributed by atoms with Crippen LogP contribution in [0.1, 0.15) is 138 Å². The molecule has 7 rings (SSSR count). The molecular formula is C47H56N2. The lowest BCUT2D eigenvalue weighted by molar-refractivity contribution is 0.373. The molecule has 0 N–H and O–H groups in total. The van der Waals surface area contributed by atoms with Gasteiger partial charge in [-0.3, -0.25) is 4.57 Å². The van der Waals surface area contributed by atoms with Gasteiger partial charge in [0.2, 0.25) is 0 Å². The molecule has 254 valence electrons. The van der Waals surface area contributed by atoms with E-state index in [-0.39, 0.29) is 5.41 Å². The van der Waals surface area contributed by atoms with Crippen molar-refractivity contribution in [1.29, 1.82) is 0 Å². The zero-order valence-corrected chi connectivity index (χ0v) is 30.7. The molecule has 0 aliphatic heterocycles. The molecule has 3 aliphatic rings. The van der Waals surface area contributed by atoms with Gasteiger partial charge >= 0.3 is 0 Å². The van der Waals surface area contributed by atoms with Gasteiger partial charge in [0.15, 0.2) is 0 Å². The Bertz CT molecular complexity index is 1830. The SMILES string of the molecule is C=C/C=C\C1=C(C)Cc2cc(C(C)(C)C(C)C)c(-c3nccn3-c3c(C4CCCCC4)cc(-c4ccccc4)cc3C3CCCCC3)cc21. The molecule has 0 bridgehead atoms. The first kappa shape index (κ1) is 33.6. The van der Waals surface area contributed by atoms with E-state index in [9.17, 15) is 0 Å². The summed E-state index contributed by atoms with van der Waals surface area (Å²) in [5.74, 6) is 2.70. The van der Waals surface area contributed by atoms with Gasteiger partial charge in [-0.15, -0.1) is 0 Å². The van der Waals surface area contributed by atoms with Crippen molar-refractivity contribution in [2.75, 3.05) is 0 Å². The van der Waals surface area contributed by atoms with Crippen LogP contribution < -0.4 is 0 Å². The van der Waals surface area contributed by atoms with Gasteiger partial charge in [0, 0.05) is 18.0 Å². The van der Waals surface area contributed by atoms with E-state index in [1.165, 1.54) is 126 Å². The monoisotopic (exact) mass is 648 g/mol. The molecule has 2 nitrogen and oxygen atoms in total. The minimum absolute atomic E-state index is 0.0235. The van der Waals surface area contributed by atoms with Gasteiger partial charge in [-0.1, -0.05) is 133 Å². The second kappa shape index (κ2) is 14.1. The minimum Gasteiger partial charge on any atom is -0.299 e. The van der Waals surface area contributed by atoms with Crippen molar-refractivity contribution in [3.63, 3.8) is 0 Å². The summed E-state index contributed by atoms with van der Waals surface area (Å²) in [6, 6.07) is 21.3. The molecule has 49 heavy (non-hydrogen) atoms. The van der Waals surface area contributed by atoms with Crippen molar-refractivity contribution in [3.05, 3.63) is 125 Å². The summed E-state index contributed by atoms with van der Waals surface area (Å²) in [6.07, 6.45) is 24.6. The van der Waals surface area contributed by atoms with E-state index >= 15 is 0 Å². The van der Waals surface area contributed by atoms with Crippen molar-refractivity contribution in [1.82, 2.24) is 9.55 Å². The van der Waals surface area contributed by atoms with E-state index < -0.39 is 0 Å². The van der Waals surface area contributed by atoms with E-state index in [1.807, 2.05) is 6.08 Å². The number of nitrogens with zero attached hydrogens (tertiary/aromatic N) is 2. The third-order valence-electron chi connectivity index (χ3n) is 12.5. The number of hydrogen-bond donors (Lipinski definition) is 0. The summed E-state index contributed by atoms with van der Waals surface area (Å²) in [6.45, 7) is 15.9. The third kappa shape index (κ3) is 6.44. The average molecular weight is 649 g/mol. The van der Waals surface area contributed by atoms with Crippen molar-refractivity contribution < 1.29 is 0 Å². The highest BCUT2D eigenvalue weighted by Crippen LogP contribution is 2.48. The number of rotatable bonds is 9. The summed E-state index contributed by atoms with van der Waals surface area (Å²) < 4.78 is 2.54. The van der Waals surface area contributed by atoms with Gasteiger partial charge in [-0.25, -0.2) is 4.98 Å². The molecule has 2 saturated carbocycles. The van der Waals surface area contributed by atoms with E-state index in [4.69, 9.17) is 4.98 Å². The van der Waals surface area contributed by atoms with Crippen LogP contribution in [-0.4, -0.2) is 9.55 Å². The number of imidazole rings is 1. The summed E-state index contributed by atoms with van der Waals surface area (Å²) in [7, 11) is 0. The molecule has 3 aromatic carbocycles. The quantitative estimate of drug-likeness (QED) is 0.165. The smallest absolute Gasteiger partial charge is 0.144 e. The number of aromatic nitrogens is 2. The summed E-state index contributed by atoms with van der Waals surface area (Å²) in [4.78, 5) is 5.29. The lowest BCUT2D eigenvalue weighted by Crippen LogP contribution is -2.26. The zero-order valence-electron chi connectivity index (χ0n) is 30.7. The molecule has 2 heteroatoms. The molecule has 0 amide bonds. The molecule has 0 atom stereocenters. The van der Waals surface area contributed by atoms with Gasteiger partial charge in [0.05, 0.1) is 5.69 Å². The topological polar surface area (TPSA) is 17.8 Å². The van der Waals surface area contributed by atoms with Crippen molar-refractivity contribution in [2.24, 2.45) is 5.92 Å². The summed E-state index contributed by atoms with van der Waals surface area (Å²) in [5.41, 5.74) is 15.4. The average Bonchev–Trinajstić information content (AvgIpc) is 3.74. The van der Waals surface area contributed by atoms with Gasteiger partial charge in [0.1, 0.15) is 5.82 Å². The second-order valence-electron chi connectivity index (χ2n) is 16.1. The molecule has 3 aliphatic carbocycles. The Kier molecular flexibility index (Phi) is 9.69. The minimum atomic E-state index is -0.0235. The lowest BCUT2D eigenvalue weighted by atomic mass is 9.72. The Balaban J connectivity index is 1.50. The van der Waals surface area contributed by atoms with Gasteiger partial charge in [-0.2, -0.15) is 0 Å². The fourth-order valence-electron chi connectivity index (χ4n) is 8.97. The molecule has 0 spiro atoms. The highest BCUT2D eigenvalue weighted by molar-refractivity contribution is 5.86. The summed E-state index contributed by atoms with van der Waals surface area (Å²) >= 11 is 0. The number of allylic oxidation sites excluding steroid dienone is 5. The van der Waals surface area contributed by atoms with Crippen LogP contribution in [0.5, 0.6) is 0 Å². The van der Waals surface area contributed by atoms with Crippen LogP contribution in [0.15, 0.2) is 97.4 Å². The van der Waals surface area contributed by atoms with Crippen LogP contribution in [0.4, 0.5) is 0 Å². The normalized spacial score (nSPS) is 17.8. The van der Waals surface area contributed by atoms with Gasteiger partial charge < -0.3 is 0 Å². The Hall–Kier alpha value is -3.91. The van der Waals surface area contributed by atoms with Crippen LogP contribution in [0, 0.1) is 5.92 Å². The van der Waals surface area contributed by atoms with Crippen LogP contribution in [-0.2, 0) is 11.8 Å². The molecule has 1 aromatic heterocycles. The predicted octanol–water partition coefficient (Wildman–Crippen LogP) is 13.3. The van der Waals surface area contributed by atoms with Crippen LogP contribution in [0.25, 0.3) is 33.8 Å². The number of hydrogen-bond acceptors (Lipinski definition) is 1. The first-order valence-electron chi connectivity index (χ1n) is 19.2. The Morgan fingerprint density at radius 2 is 1.45 bits per heavy atom. The fraction of sp³-hybridized carbons (Fsp3) is 0.426. The molecular weight excluding hydrogens is 593 g/mol. The zero-order chi connectivity index (χ0) is 34.1. The molecule has 0 unspecified atom stereocenters. The van der Waals surface area contributed by atoms with E-state index in [0.29, 0.717) is 17.8 Å². The predicted molar refractivity (Wildman–Crippen MR) is 210 cm³/mol. The van der Waals surface area contributed by atoms with Crippen molar-refractivity contribution in [2.45, 2.75) is 122 Å². The summed E-state index contributed by atoms with van der Waals surface area (Å²) in [5, 5.41) is 0. The largest absolute Gasteiger partial charge is 0.299 e. The molecule has 2 fully saturated rings. The van der Waals surface area contributed by atoms with Gasteiger partial charge in [0.25, 0.3) is 0 Å². The van der Waals surface area contributed by atoms with Crippen LogP contribution in [0.2, 0.25) is 0 Å². The molecule has 0 saturated heterocycles. The second-order valence-corrected chi connectivity index (χ2v) is 16.1. The number of fused-ring (bicyclic) bond motifs is 1. The van der Waals surface area contributed by atoms with Crippen LogP contribution >= 0.6 is 0 Å². The van der Waals surface area contributed by atoms with E-state index in [2.05, 4.69) is 125 Å². The van der Waals surface area contributed by atoms with Crippen molar-refractivity contribution >= 4 is 5.57 Å². The first-order chi connectivity index (χ1) is 23.8. The highest BCUT2D eigenvalue weighted by atomic mass is 15.1. The standard InChI is InChI=1S/C47H56N2/c1-7-8-24-39-33(4)27-38-30-44(47(5,6)32(2)3)43(31-40(38)39)46-48-25-26-49(46)45-41(35-20-14-10-15-21-35)28-37(34-18-12-9-13-19-34)29-42(45)36-22-16-11-17-23-36/h7-9,12-13,18-19,24-26,28-32,35-36H,1,10-11,14-17,20-23,27H2,2-6H3/b24-8-. The molecule has 4 aromatic rings. The maximum absolute atomic E-state index is 5.29. The molecule has 1 heterocycles. The third-order valence-corrected chi connectivity index (χ3v) is 12.5. The highest BCUT2D eigenvalue weighted by Gasteiger charge is 2.34. The molecule has 0 radical (unpaired) electrons. The first-order valence-corrected chi connectivity index (χ1v) is 19.2. The van der Waals surface area contributed by atoms with Gasteiger partial charge in [-0.05, 0) is 125 Å². The maximum Gasteiger partial charge on any atom is 0.144 e. The maximum atomic E-state index is 5.29. The lowest BCUT2D eigenvalue weighted by Gasteiger charge is -2.34. The van der Waals surface area contributed by atoms with Crippen LogP contribution in [0.3, 0.4) is 0 Å². The fourth-order valence-corrected chi connectivity index (χ4v) is 8.97. The van der Waals surface area contributed by atoms with E-state index in [0.717, 1.165) is 12.2 Å².